The van der Waals surface area contributed by atoms with Gasteiger partial charge in [0.25, 0.3) is 0 Å². The lowest BCUT2D eigenvalue weighted by atomic mass is 10.2. The summed E-state index contributed by atoms with van der Waals surface area (Å²) in [6.45, 7) is 0.984. The molecule has 2 aromatic rings. The number of benzene rings is 2. The highest BCUT2D eigenvalue weighted by atomic mass is 16.5. The molecule has 8 nitrogen and oxygen atoms in total. The van der Waals surface area contributed by atoms with Crippen molar-refractivity contribution in [2.75, 3.05) is 20.3 Å². The zero-order valence-electron chi connectivity index (χ0n) is 15.0. The van der Waals surface area contributed by atoms with Gasteiger partial charge >= 0.3 is 5.97 Å². The largest absolute Gasteiger partial charge is 0.493 e. The molecule has 0 atom stereocenters. The maximum Gasteiger partial charge on any atom is 0.337 e. The van der Waals surface area contributed by atoms with Crippen LogP contribution in [0.1, 0.15) is 22.3 Å². The minimum Gasteiger partial charge on any atom is -0.493 e. The molecule has 0 aliphatic heterocycles. The van der Waals surface area contributed by atoms with Crippen molar-refractivity contribution in [1.29, 1.82) is 0 Å². The molecule has 27 heavy (non-hydrogen) atoms. The molecule has 0 saturated carbocycles. The molecular weight excluding hydrogens is 348 g/mol. The third kappa shape index (κ3) is 7.07. The Labute approximate surface area is 157 Å². The van der Waals surface area contributed by atoms with Gasteiger partial charge in [-0.05, 0) is 42.0 Å². The lowest BCUT2D eigenvalue weighted by Gasteiger charge is -2.09. The van der Waals surface area contributed by atoms with E-state index in [1.165, 1.54) is 13.3 Å². The summed E-state index contributed by atoms with van der Waals surface area (Å²) in [6, 6.07) is 14.2. The first-order valence-corrected chi connectivity index (χ1v) is 8.24. The van der Waals surface area contributed by atoms with Crippen molar-refractivity contribution in [3.8, 4) is 11.5 Å². The normalized spacial score (nSPS) is 10.4. The van der Waals surface area contributed by atoms with Crippen molar-refractivity contribution in [1.82, 2.24) is 0 Å². The first-order chi connectivity index (χ1) is 13.1. The summed E-state index contributed by atoms with van der Waals surface area (Å²) in [7, 11) is 1.35. The number of ether oxygens (including phenoxy) is 3. The molecule has 0 aliphatic rings. The fourth-order valence-electron chi connectivity index (χ4n) is 2.09. The van der Waals surface area contributed by atoms with E-state index in [-0.39, 0.29) is 11.9 Å². The Bertz CT molecular complexity index is 800. The highest BCUT2D eigenvalue weighted by Crippen LogP contribution is 2.14. The van der Waals surface area contributed by atoms with Crippen LogP contribution < -0.4 is 20.9 Å². The summed E-state index contributed by atoms with van der Waals surface area (Å²) >= 11 is 0. The number of hydrogen-bond donors (Lipinski definition) is 2. The van der Waals surface area contributed by atoms with E-state index in [0.29, 0.717) is 36.7 Å². The lowest BCUT2D eigenvalue weighted by molar-refractivity contribution is 0.0600. The van der Waals surface area contributed by atoms with Crippen molar-refractivity contribution in [3.63, 3.8) is 0 Å². The predicted octanol–water partition coefficient (Wildman–Crippen LogP) is 1.93. The molecule has 8 heteroatoms. The topological polar surface area (TPSA) is 122 Å². The van der Waals surface area contributed by atoms with E-state index < -0.39 is 0 Å². The molecule has 0 heterocycles. The fraction of sp³-hybridized carbons (Fsp3) is 0.211. The first kappa shape index (κ1) is 19.8. The predicted molar refractivity (Wildman–Crippen MR) is 103 cm³/mol. The summed E-state index contributed by atoms with van der Waals surface area (Å²) in [5.41, 5.74) is 11.7. The number of esters is 1. The van der Waals surface area contributed by atoms with Gasteiger partial charge in [-0.15, -0.1) is 5.10 Å². The molecule has 0 saturated heterocycles. The Hall–Kier alpha value is -3.55. The number of hydrogen-bond acceptors (Lipinski definition) is 6. The van der Waals surface area contributed by atoms with Crippen LogP contribution in [-0.2, 0) is 4.74 Å². The van der Waals surface area contributed by atoms with E-state index in [1.807, 2.05) is 24.3 Å². The highest BCUT2D eigenvalue weighted by Gasteiger charge is 2.04. The molecule has 0 radical (unpaired) electrons. The maximum absolute atomic E-state index is 11.4. The summed E-state index contributed by atoms with van der Waals surface area (Å²) in [4.78, 5) is 11.4. The first-order valence-electron chi connectivity index (χ1n) is 8.24. The number of nitrogens with zero attached hydrogens (tertiary/aromatic N) is 2. The van der Waals surface area contributed by atoms with E-state index in [1.54, 1.807) is 24.3 Å². The summed E-state index contributed by atoms with van der Waals surface area (Å²) < 4.78 is 16.0. The van der Waals surface area contributed by atoms with Gasteiger partial charge in [-0.3, -0.25) is 0 Å². The number of carbonyl (C=O) groups is 1. The average Bonchev–Trinajstić information content (AvgIpc) is 2.67. The number of carbonyl (C=O) groups excluding carboxylic acids is 1. The molecule has 0 aliphatic carbocycles. The van der Waals surface area contributed by atoms with Crippen molar-refractivity contribution >= 4 is 18.1 Å². The Balaban J connectivity index is 1.73. The van der Waals surface area contributed by atoms with Crippen molar-refractivity contribution in [2.24, 2.45) is 21.7 Å². The molecular formula is C19H22N4O4. The van der Waals surface area contributed by atoms with Crippen LogP contribution in [0.2, 0.25) is 0 Å². The van der Waals surface area contributed by atoms with E-state index >= 15 is 0 Å². The second kappa shape index (κ2) is 10.4. The third-order valence-corrected chi connectivity index (χ3v) is 3.34. The van der Waals surface area contributed by atoms with Crippen LogP contribution in [0.25, 0.3) is 0 Å². The Kier molecular flexibility index (Phi) is 7.65. The number of guanidine groups is 1. The number of nitrogens with two attached hydrogens (primary N) is 2. The molecule has 2 aromatic carbocycles. The van der Waals surface area contributed by atoms with E-state index in [0.717, 1.165) is 5.56 Å². The molecule has 0 spiro atoms. The van der Waals surface area contributed by atoms with E-state index in [9.17, 15) is 4.79 Å². The third-order valence-electron chi connectivity index (χ3n) is 3.34. The molecule has 0 unspecified atom stereocenters. The molecule has 2 rings (SSSR count). The zero-order chi connectivity index (χ0) is 19.5. The van der Waals surface area contributed by atoms with Gasteiger partial charge in [-0.25, -0.2) is 4.79 Å². The summed E-state index contributed by atoms with van der Waals surface area (Å²) in [5, 5.41) is 7.30. The van der Waals surface area contributed by atoms with Crippen LogP contribution in [-0.4, -0.2) is 38.5 Å². The van der Waals surface area contributed by atoms with Crippen LogP contribution in [0.4, 0.5) is 0 Å². The Morgan fingerprint density at radius 2 is 1.74 bits per heavy atom. The van der Waals surface area contributed by atoms with Crippen LogP contribution in [0.15, 0.2) is 58.7 Å². The fourth-order valence-corrected chi connectivity index (χ4v) is 2.09. The molecule has 0 aromatic heterocycles. The van der Waals surface area contributed by atoms with Gasteiger partial charge in [0.2, 0.25) is 5.96 Å². The quantitative estimate of drug-likeness (QED) is 0.229. The van der Waals surface area contributed by atoms with Crippen LogP contribution in [0.5, 0.6) is 11.5 Å². The minimum absolute atomic E-state index is 0.0985. The lowest BCUT2D eigenvalue weighted by Crippen LogP contribution is -2.21. The van der Waals surface area contributed by atoms with Crippen LogP contribution >= 0.6 is 0 Å². The smallest absolute Gasteiger partial charge is 0.337 e. The second-order valence-electron chi connectivity index (χ2n) is 5.41. The monoisotopic (exact) mass is 370 g/mol. The van der Waals surface area contributed by atoms with Crippen LogP contribution in [0, 0.1) is 0 Å². The highest BCUT2D eigenvalue weighted by molar-refractivity contribution is 5.89. The van der Waals surface area contributed by atoms with Crippen molar-refractivity contribution in [3.05, 3.63) is 59.7 Å². The van der Waals surface area contributed by atoms with Gasteiger partial charge in [0.1, 0.15) is 11.5 Å². The number of rotatable bonds is 9. The van der Waals surface area contributed by atoms with Gasteiger partial charge in [0, 0.05) is 6.42 Å². The van der Waals surface area contributed by atoms with Crippen molar-refractivity contribution < 1.29 is 19.0 Å². The van der Waals surface area contributed by atoms with Gasteiger partial charge in [-0.1, -0.05) is 12.1 Å². The van der Waals surface area contributed by atoms with Gasteiger partial charge in [0.05, 0.1) is 32.1 Å². The Morgan fingerprint density at radius 3 is 2.41 bits per heavy atom. The van der Waals surface area contributed by atoms with Gasteiger partial charge < -0.3 is 25.7 Å². The van der Waals surface area contributed by atoms with E-state index in [2.05, 4.69) is 14.9 Å². The molecule has 4 N–H and O–H groups in total. The molecule has 0 bridgehead atoms. The van der Waals surface area contributed by atoms with Crippen molar-refractivity contribution in [2.45, 2.75) is 6.42 Å². The summed E-state index contributed by atoms with van der Waals surface area (Å²) in [6.07, 6.45) is 2.23. The van der Waals surface area contributed by atoms with E-state index in [4.69, 9.17) is 20.9 Å². The Morgan fingerprint density at radius 1 is 1.04 bits per heavy atom. The minimum atomic E-state index is -0.375. The van der Waals surface area contributed by atoms with Gasteiger partial charge in [0.15, 0.2) is 0 Å². The number of methoxy groups -OCH3 is 1. The molecule has 142 valence electrons. The maximum atomic E-state index is 11.4. The zero-order valence-corrected chi connectivity index (χ0v) is 15.0. The summed E-state index contributed by atoms with van der Waals surface area (Å²) in [5.74, 6) is 0.922. The molecule has 0 fully saturated rings. The second-order valence-corrected chi connectivity index (χ2v) is 5.41. The standard InChI is InChI=1S/C19H22N4O4/c1-25-18(24)15-6-8-16(9-7-15)26-10-3-11-27-17-5-2-4-14(12-17)13-22-23-19(20)21/h2,4-9,12-13H,3,10-11H2,1H3,(H4,20,21,23). The molecule has 0 amide bonds. The van der Waals surface area contributed by atoms with Crippen LogP contribution in [0.3, 0.4) is 0 Å². The van der Waals surface area contributed by atoms with Gasteiger partial charge in [-0.2, -0.15) is 5.10 Å². The SMILES string of the molecule is COC(=O)c1ccc(OCCCOc2cccc(C=NN=C(N)N)c2)cc1. The average molecular weight is 370 g/mol.